The fourth-order valence-electron chi connectivity index (χ4n) is 1.33. The Morgan fingerprint density at radius 2 is 2.41 bits per heavy atom. The lowest BCUT2D eigenvalue weighted by Crippen LogP contribution is -2.28. The third kappa shape index (κ3) is 3.12. The Bertz CT molecular complexity index is 493. The van der Waals surface area contributed by atoms with Crippen molar-refractivity contribution in [1.29, 1.82) is 0 Å². The molecule has 0 aliphatic rings. The van der Waals surface area contributed by atoms with Gasteiger partial charge in [-0.25, -0.2) is 4.98 Å². The fourth-order valence-corrected chi connectivity index (χ4v) is 2.63. The molecule has 2 heterocycles. The van der Waals surface area contributed by atoms with Gasteiger partial charge in [0, 0.05) is 11.9 Å². The molecule has 1 atom stereocenters. The third-order valence-corrected chi connectivity index (χ3v) is 3.71. The Morgan fingerprint density at radius 3 is 3.00 bits per heavy atom. The number of nitrogens with one attached hydrogen (secondary N) is 1. The molecule has 0 saturated carbocycles. The van der Waals surface area contributed by atoms with E-state index < -0.39 is 6.10 Å². The second-order valence-corrected chi connectivity index (χ2v) is 5.38. The van der Waals surface area contributed by atoms with Crippen LogP contribution in [-0.2, 0) is 0 Å². The summed E-state index contributed by atoms with van der Waals surface area (Å²) in [6.45, 7) is 2.05. The van der Waals surface area contributed by atoms with E-state index in [1.165, 1.54) is 22.7 Å². The highest BCUT2D eigenvalue weighted by atomic mass is 32.1. The number of nitrogens with zero attached hydrogens (tertiary/aromatic N) is 1. The Kier molecular flexibility index (Phi) is 3.88. The summed E-state index contributed by atoms with van der Waals surface area (Å²) >= 11 is 2.95. The van der Waals surface area contributed by atoms with Crippen molar-refractivity contribution in [2.75, 3.05) is 6.54 Å². The Hall–Kier alpha value is -1.24. The van der Waals surface area contributed by atoms with E-state index in [4.69, 9.17) is 0 Å². The van der Waals surface area contributed by atoms with E-state index >= 15 is 0 Å². The smallest absolute Gasteiger partial charge is 0.270 e. The molecule has 17 heavy (non-hydrogen) atoms. The quantitative estimate of drug-likeness (QED) is 0.891. The summed E-state index contributed by atoms with van der Waals surface area (Å²) in [4.78, 5) is 15.7. The van der Waals surface area contributed by atoms with Crippen LogP contribution in [0.1, 0.15) is 27.2 Å². The predicted molar refractivity (Wildman–Crippen MR) is 68.5 cm³/mol. The average molecular weight is 268 g/mol. The second kappa shape index (κ2) is 5.39. The zero-order valence-electron chi connectivity index (χ0n) is 9.21. The highest BCUT2D eigenvalue weighted by Crippen LogP contribution is 2.15. The first-order chi connectivity index (χ1) is 8.16. The van der Waals surface area contributed by atoms with Crippen LogP contribution in [0.5, 0.6) is 0 Å². The second-order valence-electron chi connectivity index (χ2n) is 3.53. The molecule has 0 saturated heterocycles. The van der Waals surface area contributed by atoms with Crippen LogP contribution >= 0.6 is 22.7 Å². The molecule has 2 aromatic heterocycles. The standard InChI is InChI=1S/C11H12N2O2S2/c1-7-13-9(6-17-7)11(15)12-4-10(14)8-2-3-16-5-8/h2-3,5-6,10,14H,4H2,1H3,(H,12,15). The van der Waals surface area contributed by atoms with Gasteiger partial charge in [-0.3, -0.25) is 4.79 Å². The largest absolute Gasteiger partial charge is 0.387 e. The van der Waals surface area contributed by atoms with Crippen LogP contribution in [0.25, 0.3) is 0 Å². The van der Waals surface area contributed by atoms with E-state index in [0.29, 0.717) is 5.69 Å². The number of amides is 1. The van der Waals surface area contributed by atoms with Crippen LogP contribution in [0.15, 0.2) is 22.2 Å². The molecule has 0 aromatic carbocycles. The summed E-state index contributed by atoms with van der Waals surface area (Å²) in [5.74, 6) is -0.247. The summed E-state index contributed by atoms with van der Waals surface area (Å²) in [6, 6.07) is 1.84. The highest BCUT2D eigenvalue weighted by Gasteiger charge is 2.12. The van der Waals surface area contributed by atoms with Crippen molar-refractivity contribution in [3.63, 3.8) is 0 Å². The minimum absolute atomic E-state index is 0.201. The monoisotopic (exact) mass is 268 g/mol. The number of thiophene rings is 1. The Morgan fingerprint density at radius 1 is 1.59 bits per heavy atom. The number of aromatic nitrogens is 1. The highest BCUT2D eigenvalue weighted by molar-refractivity contribution is 7.09. The van der Waals surface area contributed by atoms with Gasteiger partial charge in [-0.05, 0) is 29.3 Å². The molecule has 4 nitrogen and oxygen atoms in total. The predicted octanol–water partition coefficient (Wildman–Crippen LogP) is 1.98. The van der Waals surface area contributed by atoms with Crippen LogP contribution in [0, 0.1) is 6.92 Å². The summed E-state index contributed by atoms with van der Waals surface area (Å²) in [7, 11) is 0. The molecule has 90 valence electrons. The van der Waals surface area contributed by atoms with Gasteiger partial charge in [0.15, 0.2) is 0 Å². The van der Waals surface area contributed by atoms with Gasteiger partial charge < -0.3 is 10.4 Å². The fraction of sp³-hybridized carbons (Fsp3) is 0.273. The average Bonchev–Trinajstić information content (AvgIpc) is 2.95. The van der Waals surface area contributed by atoms with Crippen molar-refractivity contribution in [2.45, 2.75) is 13.0 Å². The van der Waals surface area contributed by atoms with Gasteiger partial charge >= 0.3 is 0 Å². The van der Waals surface area contributed by atoms with Gasteiger partial charge in [-0.15, -0.1) is 11.3 Å². The topological polar surface area (TPSA) is 62.2 Å². The minimum atomic E-state index is -0.662. The summed E-state index contributed by atoms with van der Waals surface area (Å²) in [5, 5.41) is 18.8. The Labute approximate surface area is 107 Å². The first kappa shape index (κ1) is 12.2. The number of hydrogen-bond acceptors (Lipinski definition) is 5. The molecule has 1 amide bonds. The molecule has 2 rings (SSSR count). The molecule has 0 aliphatic carbocycles. The molecule has 0 bridgehead atoms. The van der Waals surface area contributed by atoms with Crippen molar-refractivity contribution in [1.82, 2.24) is 10.3 Å². The molecular weight excluding hydrogens is 256 g/mol. The normalized spacial score (nSPS) is 12.4. The van der Waals surface area contributed by atoms with Crippen LogP contribution in [0.4, 0.5) is 0 Å². The van der Waals surface area contributed by atoms with E-state index in [-0.39, 0.29) is 12.5 Å². The Balaban J connectivity index is 1.88. The summed E-state index contributed by atoms with van der Waals surface area (Å²) < 4.78 is 0. The molecule has 6 heteroatoms. The number of hydrogen-bond donors (Lipinski definition) is 2. The SMILES string of the molecule is Cc1nc(C(=O)NCC(O)c2ccsc2)cs1. The molecular formula is C11H12N2O2S2. The molecule has 2 N–H and O–H groups in total. The zero-order valence-corrected chi connectivity index (χ0v) is 10.8. The van der Waals surface area contributed by atoms with Gasteiger partial charge in [-0.2, -0.15) is 11.3 Å². The van der Waals surface area contributed by atoms with Crippen molar-refractivity contribution >= 4 is 28.6 Å². The van der Waals surface area contributed by atoms with E-state index in [9.17, 15) is 9.90 Å². The minimum Gasteiger partial charge on any atom is -0.387 e. The first-order valence-electron chi connectivity index (χ1n) is 5.07. The maximum atomic E-state index is 11.7. The number of carbonyl (C=O) groups is 1. The number of rotatable bonds is 4. The van der Waals surface area contributed by atoms with Crippen LogP contribution < -0.4 is 5.32 Å². The maximum Gasteiger partial charge on any atom is 0.270 e. The van der Waals surface area contributed by atoms with Gasteiger partial charge in [0.25, 0.3) is 5.91 Å². The molecule has 0 aliphatic heterocycles. The molecule has 0 radical (unpaired) electrons. The molecule has 0 spiro atoms. The van der Waals surface area contributed by atoms with E-state index in [1.54, 1.807) is 5.38 Å². The first-order valence-corrected chi connectivity index (χ1v) is 6.89. The van der Waals surface area contributed by atoms with Gasteiger partial charge in [0.2, 0.25) is 0 Å². The lowest BCUT2D eigenvalue weighted by atomic mass is 10.2. The van der Waals surface area contributed by atoms with Crippen LogP contribution in [-0.4, -0.2) is 22.5 Å². The number of thiazole rings is 1. The summed E-state index contributed by atoms with van der Waals surface area (Å²) in [5.41, 5.74) is 1.23. The molecule has 2 aromatic rings. The van der Waals surface area contributed by atoms with E-state index in [0.717, 1.165) is 10.6 Å². The van der Waals surface area contributed by atoms with E-state index in [1.807, 2.05) is 23.8 Å². The third-order valence-electron chi connectivity index (χ3n) is 2.24. The molecule has 1 unspecified atom stereocenters. The van der Waals surface area contributed by atoms with Crippen molar-refractivity contribution in [2.24, 2.45) is 0 Å². The summed E-state index contributed by atoms with van der Waals surface area (Å²) in [6.07, 6.45) is -0.662. The van der Waals surface area contributed by atoms with Crippen LogP contribution in [0.3, 0.4) is 0 Å². The van der Waals surface area contributed by atoms with Crippen molar-refractivity contribution < 1.29 is 9.90 Å². The number of aryl methyl sites for hydroxylation is 1. The van der Waals surface area contributed by atoms with Crippen LogP contribution in [0.2, 0.25) is 0 Å². The number of carbonyl (C=O) groups excluding carboxylic acids is 1. The van der Waals surface area contributed by atoms with Gasteiger partial charge in [-0.1, -0.05) is 0 Å². The zero-order chi connectivity index (χ0) is 12.3. The lowest BCUT2D eigenvalue weighted by Gasteiger charge is -2.09. The number of aliphatic hydroxyl groups is 1. The molecule has 0 fully saturated rings. The van der Waals surface area contributed by atoms with E-state index in [2.05, 4.69) is 10.3 Å². The lowest BCUT2D eigenvalue weighted by molar-refractivity contribution is 0.0912. The van der Waals surface area contributed by atoms with Gasteiger partial charge in [0.05, 0.1) is 11.1 Å². The maximum absolute atomic E-state index is 11.7. The van der Waals surface area contributed by atoms with Crippen molar-refractivity contribution in [3.8, 4) is 0 Å². The number of aliphatic hydroxyl groups excluding tert-OH is 1. The van der Waals surface area contributed by atoms with Crippen molar-refractivity contribution in [3.05, 3.63) is 38.5 Å². The van der Waals surface area contributed by atoms with Gasteiger partial charge in [0.1, 0.15) is 5.69 Å².